The summed E-state index contributed by atoms with van der Waals surface area (Å²) in [6.07, 6.45) is 1.87. The molecule has 2 aromatic heterocycles. The van der Waals surface area contributed by atoms with E-state index >= 15 is 0 Å². The van der Waals surface area contributed by atoms with Crippen LogP contribution in [0.5, 0.6) is 0 Å². The predicted octanol–water partition coefficient (Wildman–Crippen LogP) is 1.65. The van der Waals surface area contributed by atoms with E-state index in [0.29, 0.717) is 0 Å². The lowest BCUT2D eigenvalue weighted by molar-refractivity contribution is 0.639. The third-order valence-electron chi connectivity index (χ3n) is 2.80. The molecule has 3 N–H and O–H groups in total. The third-order valence-corrected chi connectivity index (χ3v) is 3.86. The Hall–Kier alpha value is -1.17. The number of hydrogen-bond acceptors (Lipinski definition) is 4. The molecule has 86 valence electrons. The van der Waals surface area contributed by atoms with E-state index in [1.165, 1.54) is 9.75 Å². The summed E-state index contributed by atoms with van der Waals surface area (Å²) in [6, 6.07) is 4.25. The Morgan fingerprint density at radius 1 is 1.44 bits per heavy atom. The number of aromatic nitrogens is 2. The molecular formula is C11H16N4S. The van der Waals surface area contributed by atoms with Crippen LogP contribution in [0.25, 0.3) is 0 Å². The lowest BCUT2D eigenvalue weighted by Gasteiger charge is -2.13. The summed E-state index contributed by atoms with van der Waals surface area (Å²) in [6.45, 7) is 4.14. The Kier molecular flexibility index (Phi) is 3.09. The van der Waals surface area contributed by atoms with Crippen LogP contribution in [0.3, 0.4) is 0 Å². The van der Waals surface area contributed by atoms with Crippen molar-refractivity contribution < 1.29 is 0 Å². The van der Waals surface area contributed by atoms with E-state index in [1.54, 1.807) is 11.3 Å². The average molecular weight is 236 g/mol. The van der Waals surface area contributed by atoms with E-state index in [0.717, 1.165) is 11.3 Å². The number of nitrogens with two attached hydrogens (primary N) is 1. The molecule has 0 saturated carbocycles. The number of aryl methyl sites for hydroxylation is 2. The summed E-state index contributed by atoms with van der Waals surface area (Å²) in [7, 11) is 1.94. The van der Waals surface area contributed by atoms with Crippen LogP contribution >= 0.6 is 11.3 Å². The van der Waals surface area contributed by atoms with Crippen LogP contribution in [0.4, 0.5) is 0 Å². The summed E-state index contributed by atoms with van der Waals surface area (Å²) in [5, 5.41) is 4.24. The van der Waals surface area contributed by atoms with Gasteiger partial charge in [0, 0.05) is 28.1 Å². The van der Waals surface area contributed by atoms with Crippen LogP contribution in [-0.2, 0) is 7.05 Å². The fraction of sp³-hybridized carbons (Fsp3) is 0.364. The molecule has 0 fully saturated rings. The Labute approximate surface area is 99.1 Å². The standard InChI is InChI=1S/C11H16N4S/c1-7-4-5-10(16-7)11(14-12)9-6-13-15(3)8(9)2/h4-6,11,14H,12H2,1-3H3. The van der Waals surface area contributed by atoms with Gasteiger partial charge in [0.15, 0.2) is 0 Å². The van der Waals surface area contributed by atoms with Crippen LogP contribution in [0, 0.1) is 13.8 Å². The summed E-state index contributed by atoms with van der Waals surface area (Å²) in [5.41, 5.74) is 5.12. The minimum absolute atomic E-state index is 0.0346. The zero-order valence-electron chi connectivity index (χ0n) is 9.69. The highest BCUT2D eigenvalue weighted by Crippen LogP contribution is 2.29. The highest BCUT2D eigenvalue weighted by atomic mass is 32.1. The van der Waals surface area contributed by atoms with E-state index in [-0.39, 0.29) is 6.04 Å². The van der Waals surface area contributed by atoms with Crippen LogP contribution in [-0.4, -0.2) is 9.78 Å². The quantitative estimate of drug-likeness (QED) is 0.629. The van der Waals surface area contributed by atoms with Crippen molar-refractivity contribution in [3.63, 3.8) is 0 Å². The first-order chi connectivity index (χ1) is 7.63. The van der Waals surface area contributed by atoms with Gasteiger partial charge in [-0.1, -0.05) is 0 Å². The highest BCUT2D eigenvalue weighted by Gasteiger charge is 2.18. The van der Waals surface area contributed by atoms with Crippen molar-refractivity contribution in [2.75, 3.05) is 0 Å². The summed E-state index contributed by atoms with van der Waals surface area (Å²) in [4.78, 5) is 2.51. The van der Waals surface area contributed by atoms with E-state index in [9.17, 15) is 0 Å². The van der Waals surface area contributed by atoms with Gasteiger partial charge in [0.25, 0.3) is 0 Å². The maximum Gasteiger partial charge on any atom is 0.0835 e. The molecular weight excluding hydrogens is 220 g/mol. The fourth-order valence-electron chi connectivity index (χ4n) is 1.73. The van der Waals surface area contributed by atoms with Crippen molar-refractivity contribution in [3.05, 3.63) is 39.3 Å². The van der Waals surface area contributed by atoms with Crippen molar-refractivity contribution in [1.82, 2.24) is 15.2 Å². The number of nitrogens with zero attached hydrogens (tertiary/aromatic N) is 2. The van der Waals surface area contributed by atoms with Gasteiger partial charge in [-0.05, 0) is 26.0 Å². The topological polar surface area (TPSA) is 55.9 Å². The second kappa shape index (κ2) is 4.37. The zero-order valence-corrected chi connectivity index (χ0v) is 10.5. The molecule has 0 bridgehead atoms. The maximum absolute atomic E-state index is 5.64. The molecule has 0 aliphatic rings. The minimum Gasteiger partial charge on any atom is -0.273 e. The molecule has 1 atom stereocenters. The Morgan fingerprint density at radius 2 is 2.19 bits per heavy atom. The first-order valence-electron chi connectivity index (χ1n) is 5.14. The van der Waals surface area contributed by atoms with Crippen LogP contribution in [0.15, 0.2) is 18.3 Å². The molecule has 16 heavy (non-hydrogen) atoms. The summed E-state index contributed by atoms with van der Waals surface area (Å²) in [5.74, 6) is 5.64. The molecule has 4 nitrogen and oxygen atoms in total. The van der Waals surface area contributed by atoms with Crippen LogP contribution < -0.4 is 11.3 Å². The van der Waals surface area contributed by atoms with Crippen molar-refractivity contribution >= 4 is 11.3 Å². The van der Waals surface area contributed by atoms with Crippen molar-refractivity contribution in [2.24, 2.45) is 12.9 Å². The molecule has 0 saturated heterocycles. The van der Waals surface area contributed by atoms with Gasteiger partial charge in [0.2, 0.25) is 0 Å². The molecule has 2 rings (SSSR count). The molecule has 0 amide bonds. The lowest BCUT2D eigenvalue weighted by atomic mass is 10.1. The fourth-order valence-corrected chi connectivity index (χ4v) is 2.69. The van der Waals surface area contributed by atoms with Gasteiger partial charge >= 0.3 is 0 Å². The maximum atomic E-state index is 5.64. The number of hydrazine groups is 1. The lowest BCUT2D eigenvalue weighted by Crippen LogP contribution is -2.28. The first-order valence-corrected chi connectivity index (χ1v) is 5.96. The van der Waals surface area contributed by atoms with Gasteiger partial charge in [-0.25, -0.2) is 5.43 Å². The van der Waals surface area contributed by atoms with Crippen molar-refractivity contribution in [1.29, 1.82) is 0 Å². The van der Waals surface area contributed by atoms with Crippen molar-refractivity contribution in [2.45, 2.75) is 19.9 Å². The highest BCUT2D eigenvalue weighted by molar-refractivity contribution is 7.12. The molecule has 5 heteroatoms. The molecule has 0 spiro atoms. The smallest absolute Gasteiger partial charge is 0.0835 e. The first kappa shape index (κ1) is 11.3. The van der Waals surface area contributed by atoms with Gasteiger partial charge in [0.1, 0.15) is 0 Å². The molecule has 0 aliphatic carbocycles. The van der Waals surface area contributed by atoms with Crippen molar-refractivity contribution in [3.8, 4) is 0 Å². The molecule has 1 unspecified atom stereocenters. The predicted molar refractivity (Wildman–Crippen MR) is 66.2 cm³/mol. The van der Waals surface area contributed by atoms with E-state index in [4.69, 9.17) is 5.84 Å². The van der Waals surface area contributed by atoms with Gasteiger partial charge in [-0.15, -0.1) is 11.3 Å². The monoisotopic (exact) mass is 236 g/mol. The largest absolute Gasteiger partial charge is 0.273 e. The summed E-state index contributed by atoms with van der Waals surface area (Å²) < 4.78 is 1.86. The number of hydrogen-bond donors (Lipinski definition) is 2. The van der Waals surface area contributed by atoms with E-state index in [1.807, 2.05) is 24.9 Å². The Morgan fingerprint density at radius 3 is 2.62 bits per heavy atom. The zero-order chi connectivity index (χ0) is 11.7. The van der Waals surface area contributed by atoms with Gasteiger partial charge in [-0.3, -0.25) is 10.5 Å². The Balaban J connectivity index is 2.40. The van der Waals surface area contributed by atoms with Crippen LogP contribution in [0.1, 0.15) is 27.1 Å². The number of nitrogens with one attached hydrogen (secondary N) is 1. The minimum atomic E-state index is 0.0346. The summed E-state index contributed by atoms with van der Waals surface area (Å²) >= 11 is 1.75. The third kappa shape index (κ3) is 1.89. The van der Waals surface area contributed by atoms with Gasteiger partial charge in [-0.2, -0.15) is 5.10 Å². The molecule has 2 heterocycles. The van der Waals surface area contributed by atoms with Gasteiger partial charge < -0.3 is 0 Å². The normalized spacial score (nSPS) is 13.0. The molecule has 0 radical (unpaired) electrons. The average Bonchev–Trinajstić information content (AvgIpc) is 2.81. The second-order valence-electron chi connectivity index (χ2n) is 3.86. The number of rotatable bonds is 3. The molecule has 0 aromatic carbocycles. The number of thiophene rings is 1. The molecule has 0 aliphatic heterocycles. The van der Waals surface area contributed by atoms with E-state index < -0.39 is 0 Å². The SMILES string of the molecule is Cc1ccc(C(NN)c2cnn(C)c2C)s1. The second-order valence-corrected chi connectivity index (χ2v) is 5.18. The molecule has 2 aromatic rings. The Bertz CT molecular complexity index is 486. The van der Waals surface area contributed by atoms with E-state index in [2.05, 4.69) is 29.6 Å². The van der Waals surface area contributed by atoms with Crippen LogP contribution in [0.2, 0.25) is 0 Å². The van der Waals surface area contributed by atoms with Gasteiger partial charge in [0.05, 0.1) is 12.2 Å².